The molecule has 1 aromatic carbocycles. The fraction of sp³-hybridized carbons (Fsp3) is 0.611. The third-order valence-electron chi connectivity index (χ3n) is 5.14. The maximum atomic E-state index is 13.0. The molecule has 2 saturated heterocycles. The smallest absolute Gasteiger partial charge is 0.334 e. The highest BCUT2D eigenvalue weighted by atomic mass is 19.4. The largest absolute Gasteiger partial charge is 0.416 e. The van der Waals surface area contributed by atoms with Crippen LogP contribution in [0.5, 0.6) is 0 Å². The number of hydrogen-bond acceptors (Lipinski definition) is 2. The van der Waals surface area contributed by atoms with Crippen LogP contribution in [0.2, 0.25) is 0 Å². The molecule has 2 aliphatic heterocycles. The number of carbonyl (C=O) groups is 1. The minimum absolute atomic E-state index is 0.0441. The molecule has 0 N–H and O–H groups in total. The Balaban J connectivity index is 1.88. The fourth-order valence-corrected chi connectivity index (χ4v) is 3.80. The second-order valence-electron chi connectivity index (χ2n) is 7.10. The van der Waals surface area contributed by atoms with E-state index in [1.54, 1.807) is 0 Å². The van der Waals surface area contributed by atoms with E-state index >= 15 is 0 Å². The Bertz CT molecular complexity index is 662. The first-order valence-corrected chi connectivity index (χ1v) is 8.88. The van der Waals surface area contributed by atoms with Gasteiger partial charge in [0.1, 0.15) is 0 Å². The van der Waals surface area contributed by atoms with Gasteiger partial charge in [0.05, 0.1) is 11.1 Å². The number of likely N-dealkylation sites (tertiary alicyclic amines) is 2. The summed E-state index contributed by atoms with van der Waals surface area (Å²) in [5.41, 5.74) is -3.49. The summed E-state index contributed by atoms with van der Waals surface area (Å²) in [4.78, 5) is 16.4. The molecule has 3 nitrogen and oxygen atoms in total. The van der Waals surface area contributed by atoms with E-state index in [4.69, 9.17) is 0 Å². The lowest BCUT2D eigenvalue weighted by atomic mass is 10.0. The molecule has 0 aliphatic carbocycles. The summed E-state index contributed by atoms with van der Waals surface area (Å²) < 4.78 is 78.2. The maximum Gasteiger partial charge on any atom is 0.416 e. The van der Waals surface area contributed by atoms with Gasteiger partial charge in [0.2, 0.25) is 0 Å². The van der Waals surface area contributed by atoms with Gasteiger partial charge in [-0.05, 0) is 57.0 Å². The van der Waals surface area contributed by atoms with E-state index in [9.17, 15) is 31.1 Å². The van der Waals surface area contributed by atoms with Gasteiger partial charge in [-0.2, -0.15) is 26.3 Å². The quantitative estimate of drug-likeness (QED) is 0.709. The number of amides is 1. The van der Waals surface area contributed by atoms with Crippen LogP contribution >= 0.6 is 0 Å². The molecular weight excluding hydrogens is 374 g/mol. The second-order valence-corrected chi connectivity index (χ2v) is 7.10. The van der Waals surface area contributed by atoms with Crippen LogP contribution in [0.4, 0.5) is 26.3 Å². The summed E-state index contributed by atoms with van der Waals surface area (Å²) >= 11 is 0. The molecule has 0 aromatic heterocycles. The van der Waals surface area contributed by atoms with Crippen molar-refractivity contribution in [1.29, 1.82) is 0 Å². The van der Waals surface area contributed by atoms with Crippen molar-refractivity contribution in [3.05, 3.63) is 34.9 Å². The van der Waals surface area contributed by atoms with Gasteiger partial charge in [-0.3, -0.25) is 4.79 Å². The van der Waals surface area contributed by atoms with Crippen LogP contribution in [0.1, 0.15) is 47.2 Å². The monoisotopic (exact) mass is 394 g/mol. The zero-order valence-corrected chi connectivity index (χ0v) is 14.5. The highest BCUT2D eigenvalue weighted by Gasteiger charge is 2.39. The Morgan fingerprint density at radius 1 is 0.889 bits per heavy atom. The summed E-state index contributed by atoms with van der Waals surface area (Å²) in [5, 5.41) is 0. The lowest BCUT2D eigenvalue weighted by Gasteiger charge is -2.29. The van der Waals surface area contributed by atoms with Gasteiger partial charge in [-0.1, -0.05) is 0 Å². The van der Waals surface area contributed by atoms with Crippen LogP contribution < -0.4 is 0 Å². The SMILES string of the molecule is O=C(c1cc(C(F)(F)F)cc(C(F)(F)F)c1)N1CCC[C@H]1CN1CCCC1. The van der Waals surface area contributed by atoms with Gasteiger partial charge in [0.15, 0.2) is 0 Å². The lowest BCUT2D eigenvalue weighted by Crippen LogP contribution is -2.42. The Kier molecular flexibility index (Phi) is 5.42. The lowest BCUT2D eigenvalue weighted by molar-refractivity contribution is -0.143. The van der Waals surface area contributed by atoms with Crippen molar-refractivity contribution in [2.45, 2.75) is 44.1 Å². The molecule has 0 radical (unpaired) electrons. The molecule has 1 amide bonds. The molecule has 1 atom stereocenters. The number of benzene rings is 1. The Hall–Kier alpha value is -1.77. The van der Waals surface area contributed by atoms with Crippen LogP contribution in [0.25, 0.3) is 0 Å². The number of hydrogen-bond donors (Lipinski definition) is 0. The van der Waals surface area contributed by atoms with E-state index in [-0.39, 0.29) is 12.1 Å². The number of carbonyl (C=O) groups excluding carboxylic acids is 1. The molecule has 27 heavy (non-hydrogen) atoms. The third kappa shape index (κ3) is 4.56. The highest BCUT2D eigenvalue weighted by Crippen LogP contribution is 2.37. The van der Waals surface area contributed by atoms with E-state index < -0.39 is 35.0 Å². The first-order chi connectivity index (χ1) is 12.6. The second kappa shape index (κ2) is 7.33. The van der Waals surface area contributed by atoms with Crippen molar-refractivity contribution in [3.8, 4) is 0 Å². The average molecular weight is 394 g/mol. The van der Waals surface area contributed by atoms with E-state index in [2.05, 4.69) is 4.90 Å². The average Bonchev–Trinajstić information content (AvgIpc) is 3.24. The maximum absolute atomic E-state index is 13.0. The highest BCUT2D eigenvalue weighted by molar-refractivity contribution is 5.95. The van der Waals surface area contributed by atoms with Gasteiger partial charge in [-0.25, -0.2) is 0 Å². The zero-order chi connectivity index (χ0) is 19.8. The summed E-state index contributed by atoms with van der Waals surface area (Å²) in [7, 11) is 0. The van der Waals surface area contributed by atoms with Crippen LogP contribution in [-0.2, 0) is 12.4 Å². The number of alkyl halides is 6. The van der Waals surface area contributed by atoms with Gasteiger partial charge in [-0.15, -0.1) is 0 Å². The van der Waals surface area contributed by atoms with Crippen LogP contribution in [0, 0.1) is 0 Å². The van der Waals surface area contributed by atoms with Crippen molar-refractivity contribution in [1.82, 2.24) is 9.80 Å². The van der Waals surface area contributed by atoms with Gasteiger partial charge < -0.3 is 9.80 Å². The Morgan fingerprint density at radius 3 is 1.96 bits per heavy atom. The van der Waals surface area contributed by atoms with E-state index in [1.807, 2.05) is 0 Å². The minimum atomic E-state index is -4.96. The van der Waals surface area contributed by atoms with E-state index in [0.717, 1.165) is 25.9 Å². The predicted molar refractivity (Wildman–Crippen MR) is 86.2 cm³/mol. The molecule has 2 aliphatic rings. The van der Waals surface area contributed by atoms with Crippen LogP contribution in [-0.4, -0.2) is 47.9 Å². The normalized spacial score (nSPS) is 21.9. The van der Waals surface area contributed by atoms with Gasteiger partial charge in [0.25, 0.3) is 5.91 Å². The molecule has 2 heterocycles. The van der Waals surface area contributed by atoms with Crippen molar-refractivity contribution in [2.24, 2.45) is 0 Å². The fourth-order valence-electron chi connectivity index (χ4n) is 3.80. The topological polar surface area (TPSA) is 23.6 Å². The molecule has 3 rings (SSSR count). The van der Waals surface area contributed by atoms with Crippen molar-refractivity contribution < 1.29 is 31.1 Å². The molecule has 0 unspecified atom stereocenters. The van der Waals surface area contributed by atoms with E-state index in [1.165, 1.54) is 4.90 Å². The standard InChI is InChI=1S/C18H20F6N2O/c19-17(20,21)13-8-12(9-14(10-13)18(22,23)24)16(27)26-7-3-4-15(26)11-25-5-1-2-6-25/h8-10,15H,1-7,11H2/t15-/m0/s1. The molecule has 150 valence electrons. The molecule has 0 bridgehead atoms. The summed E-state index contributed by atoms with van der Waals surface area (Å²) in [5.74, 6) is -0.770. The van der Waals surface area contributed by atoms with Crippen molar-refractivity contribution in [2.75, 3.05) is 26.2 Å². The van der Waals surface area contributed by atoms with Gasteiger partial charge >= 0.3 is 12.4 Å². The Morgan fingerprint density at radius 2 is 1.44 bits per heavy atom. The van der Waals surface area contributed by atoms with E-state index in [0.29, 0.717) is 38.1 Å². The van der Waals surface area contributed by atoms with Crippen LogP contribution in [0.3, 0.4) is 0 Å². The number of rotatable bonds is 3. The molecule has 2 fully saturated rings. The third-order valence-corrected chi connectivity index (χ3v) is 5.14. The first kappa shape index (κ1) is 20.0. The molecule has 1 aromatic rings. The number of nitrogens with zero attached hydrogens (tertiary/aromatic N) is 2. The predicted octanol–water partition coefficient (Wildman–Crippen LogP) is 4.42. The molecule has 0 spiro atoms. The zero-order valence-electron chi connectivity index (χ0n) is 14.5. The molecular formula is C18H20F6N2O. The molecule has 0 saturated carbocycles. The number of halogens is 6. The summed E-state index contributed by atoms with van der Waals surface area (Å²) in [6.45, 7) is 2.76. The summed E-state index contributed by atoms with van der Waals surface area (Å²) in [6, 6.07) is 0.896. The summed E-state index contributed by atoms with van der Waals surface area (Å²) in [6.07, 6.45) is -6.42. The minimum Gasteiger partial charge on any atom is -0.334 e. The Labute approximate surface area is 152 Å². The van der Waals surface area contributed by atoms with Gasteiger partial charge in [0, 0.05) is 24.7 Å². The molecule has 9 heteroatoms. The van der Waals surface area contributed by atoms with Crippen molar-refractivity contribution >= 4 is 5.91 Å². The van der Waals surface area contributed by atoms with Crippen LogP contribution in [0.15, 0.2) is 18.2 Å². The van der Waals surface area contributed by atoms with Crippen molar-refractivity contribution in [3.63, 3.8) is 0 Å². The first-order valence-electron chi connectivity index (χ1n) is 8.88.